The molecule has 0 amide bonds. The number of benzene rings is 2. The maximum Gasteiger partial charge on any atom is 0.203 e. The molecule has 3 rings (SSSR count). The molecular formula is C22H29NO4. The van der Waals surface area contributed by atoms with Gasteiger partial charge in [0.15, 0.2) is 11.5 Å². The van der Waals surface area contributed by atoms with Crippen LogP contribution in [-0.4, -0.2) is 44.4 Å². The Hall–Kier alpha value is -2.24. The summed E-state index contributed by atoms with van der Waals surface area (Å²) in [6.07, 6.45) is 2.28. The minimum absolute atomic E-state index is 0.103. The third kappa shape index (κ3) is 4.73. The molecule has 1 unspecified atom stereocenters. The third-order valence-corrected chi connectivity index (χ3v) is 5.23. The lowest BCUT2D eigenvalue weighted by Crippen LogP contribution is -2.20. The average Bonchev–Trinajstić information content (AvgIpc) is 3.14. The van der Waals surface area contributed by atoms with Crippen LogP contribution in [0.4, 0.5) is 0 Å². The van der Waals surface area contributed by atoms with E-state index in [1.54, 1.807) is 21.3 Å². The van der Waals surface area contributed by atoms with Crippen LogP contribution in [0.2, 0.25) is 0 Å². The standard InChI is InChI=1S/C22H29NO4/c1-25-20-11-19(12-21(26-2)22(20)27-3)14-23-9-8-18(13-23)10-16-4-6-17(15-24)7-5-16/h4-7,11-12,18,24H,8-10,13-15H2,1-3H3. The van der Waals surface area contributed by atoms with Crippen molar-refractivity contribution in [1.29, 1.82) is 0 Å². The van der Waals surface area contributed by atoms with Gasteiger partial charge >= 0.3 is 0 Å². The second-order valence-corrected chi connectivity index (χ2v) is 7.10. The van der Waals surface area contributed by atoms with E-state index in [1.807, 2.05) is 24.3 Å². The molecule has 1 atom stereocenters. The van der Waals surface area contributed by atoms with E-state index >= 15 is 0 Å². The Labute approximate surface area is 161 Å². The molecule has 0 spiro atoms. The summed E-state index contributed by atoms with van der Waals surface area (Å²) < 4.78 is 16.3. The summed E-state index contributed by atoms with van der Waals surface area (Å²) in [6.45, 7) is 3.15. The smallest absolute Gasteiger partial charge is 0.203 e. The van der Waals surface area contributed by atoms with Gasteiger partial charge in [-0.05, 0) is 54.1 Å². The predicted octanol–water partition coefficient (Wildman–Crippen LogP) is 3.27. The van der Waals surface area contributed by atoms with Crippen LogP contribution in [-0.2, 0) is 19.6 Å². The molecule has 5 nitrogen and oxygen atoms in total. The molecule has 1 saturated heterocycles. The zero-order chi connectivity index (χ0) is 19.2. The molecule has 2 aromatic carbocycles. The van der Waals surface area contributed by atoms with Crippen molar-refractivity contribution in [2.45, 2.75) is 26.0 Å². The Morgan fingerprint density at radius 3 is 2.11 bits per heavy atom. The van der Waals surface area contributed by atoms with Crippen molar-refractivity contribution in [2.75, 3.05) is 34.4 Å². The van der Waals surface area contributed by atoms with Gasteiger partial charge in [0.1, 0.15) is 0 Å². The van der Waals surface area contributed by atoms with Crippen molar-refractivity contribution < 1.29 is 19.3 Å². The van der Waals surface area contributed by atoms with Gasteiger partial charge in [-0.2, -0.15) is 0 Å². The molecule has 1 N–H and O–H groups in total. The summed E-state index contributed by atoms with van der Waals surface area (Å²) in [6, 6.07) is 12.3. The van der Waals surface area contributed by atoms with Crippen molar-refractivity contribution in [3.63, 3.8) is 0 Å². The van der Waals surface area contributed by atoms with Crippen molar-refractivity contribution >= 4 is 0 Å². The highest BCUT2D eigenvalue weighted by molar-refractivity contribution is 5.53. The number of aliphatic hydroxyl groups is 1. The minimum Gasteiger partial charge on any atom is -0.493 e. The highest BCUT2D eigenvalue weighted by Gasteiger charge is 2.23. The van der Waals surface area contributed by atoms with E-state index in [0.29, 0.717) is 23.2 Å². The molecular weight excluding hydrogens is 342 g/mol. The molecule has 1 heterocycles. The molecule has 0 aliphatic carbocycles. The fourth-order valence-electron chi connectivity index (χ4n) is 3.82. The highest BCUT2D eigenvalue weighted by Crippen LogP contribution is 2.38. The molecule has 5 heteroatoms. The molecule has 0 bridgehead atoms. The Balaban J connectivity index is 1.62. The second-order valence-electron chi connectivity index (χ2n) is 7.10. The van der Waals surface area contributed by atoms with Gasteiger partial charge in [-0.3, -0.25) is 4.90 Å². The monoisotopic (exact) mass is 371 g/mol. The van der Waals surface area contributed by atoms with Gasteiger partial charge in [0.2, 0.25) is 5.75 Å². The van der Waals surface area contributed by atoms with Crippen molar-refractivity contribution in [2.24, 2.45) is 5.92 Å². The molecule has 146 valence electrons. The lowest BCUT2D eigenvalue weighted by molar-refractivity contribution is 0.282. The SMILES string of the molecule is COc1cc(CN2CCC(Cc3ccc(CO)cc3)C2)cc(OC)c1OC. The summed E-state index contributed by atoms with van der Waals surface area (Å²) in [5.41, 5.74) is 3.47. The Morgan fingerprint density at radius 1 is 0.926 bits per heavy atom. The van der Waals surface area contributed by atoms with E-state index in [4.69, 9.17) is 19.3 Å². The summed E-state index contributed by atoms with van der Waals surface area (Å²) in [4.78, 5) is 2.48. The number of aliphatic hydroxyl groups excluding tert-OH is 1. The predicted molar refractivity (Wildman–Crippen MR) is 106 cm³/mol. The number of nitrogens with zero attached hydrogens (tertiary/aromatic N) is 1. The molecule has 2 aromatic rings. The van der Waals surface area contributed by atoms with Gasteiger partial charge < -0.3 is 19.3 Å². The van der Waals surface area contributed by atoms with Crippen molar-refractivity contribution in [3.8, 4) is 17.2 Å². The van der Waals surface area contributed by atoms with E-state index in [2.05, 4.69) is 17.0 Å². The first-order valence-corrected chi connectivity index (χ1v) is 9.36. The van der Waals surface area contributed by atoms with Gasteiger partial charge in [0.05, 0.1) is 27.9 Å². The van der Waals surface area contributed by atoms with E-state index in [-0.39, 0.29) is 6.61 Å². The number of methoxy groups -OCH3 is 3. The van der Waals surface area contributed by atoms with Gasteiger partial charge in [0.25, 0.3) is 0 Å². The summed E-state index contributed by atoms with van der Waals surface area (Å²) in [5.74, 6) is 2.69. The van der Waals surface area contributed by atoms with Crippen LogP contribution < -0.4 is 14.2 Å². The average molecular weight is 371 g/mol. The molecule has 27 heavy (non-hydrogen) atoms. The molecule has 1 aliphatic heterocycles. The lowest BCUT2D eigenvalue weighted by Gasteiger charge is -2.19. The lowest BCUT2D eigenvalue weighted by atomic mass is 9.98. The van der Waals surface area contributed by atoms with Gasteiger partial charge in [-0.1, -0.05) is 24.3 Å². The number of rotatable bonds is 8. The maximum absolute atomic E-state index is 9.16. The van der Waals surface area contributed by atoms with Gasteiger partial charge in [-0.15, -0.1) is 0 Å². The van der Waals surface area contributed by atoms with Crippen molar-refractivity contribution in [3.05, 3.63) is 53.1 Å². The number of likely N-dealkylation sites (tertiary alicyclic amines) is 1. The van der Waals surface area contributed by atoms with Crippen LogP contribution >= 0.6 is 0 Å². The zero-order valence-electron chi connectivity index (χ0n) is 16.4. The summed E-state index contributed by atoms with van der Waals surface area (Å²) in [7, 11) is 4.92. The quantitative estimate of drug-likeness (QED) is 0.772. The maximum atomic E-state index is 9.16. The Morgan fingerprint density at radius 2 is 1.56 bits per heavy atom. The summed E-state index contributed by atoms with van der Waals surface area (Å²) >= 11 is 0. The van der Waals surface area contributed by atoms with Crippen LogP contribution in [0, 0.1) is 5.92 Å². The minimum atomic E-state index is 0.103. The molecule has 1 fully saturated rings. The molecule has 0 saturated carbocycles. The largest absolute Gasteiger partial charge is 0.493 e. The van der Waals surface area contributed by atoms with Gasteiger partial charge in [-0.25, -0.2) is 0 Å². The van der Waals surface area contributed by atoms with Crippen LogP contribution in [0.25, 0.3) is 0 Å². The van der Waals surface area contributed by atoms with Gasteiger partial charge in [0, 0.05) is 13.1 Å². The Kier molecular flexibility index (Phi) is 6.58. The first kappa shape index (κ1) is 19.5. The normalized spacial score (nSPS) is 17.1. The Bertz CT molecular complexity index is 719. The van der Waals surface area contributed by atoms with Crippen LogP contribution in [0.5, 0.6) is 17.2 Å². The molecule has 0 radical (unpaired) electrons. The third-order valence-electron chi connectivity index (χ3n) is 5.23. The fraction of sp³-hybridized carbons (Fsp3) is 0.455. The fourth-order valence-corrected chi connectivity index (χ4v) is 3.82. The topological polar surface area (TPSA) is 51.2 Å². The number of hydrogen-bond acceptors (Lipinski definition) is 5. The van der Waals surface area contributed by atoms with Crippen LogP contribution in [0.15, 0.2) is 36.4 Å². The van der Waals surface area contributed by atoms with E-state index in [9.17, 15) is 0 Å². The first-order chi connectivity index (χ1) is 13.2. The summed E-state index contributed by atoms with van der Waals surface area (Å²) in [5, 5.41) is 9.16. The van der Waals surface area contributed by atoms with Crippen LogP contribution in [0.3, 0.4) is 0 Å². The highest BCUT2D eigenvalue weighted by atomic mass is 16.5. The zero-order valence-corrected chi connectivity index (χ0v) is 16.4. The van der Waals surface area contributed by atoms with E-state index in [0.717, 1.165) is 37.2 Å². The van der Waals surface area contributed by atoms with E-state index in [1.165, 1.54) is 12.0 Å². The van der Waals surface area contributed by atoms with Crippen molar-refractivity contribution in [1.82, 2.24) is 4.90 Å². The molecule has 0 aromatic heterocycles. The number of hydrogen-bond donors (Lipinski definition) is 1. The second kappa shape index (κ2) is 9.11. The molecule has 1 aliphatic rings. The van der Waals surface area contributed by atoms with E-state index < -0.39 is 0 Å². The van der Waals surface area contributed by atoms with Crippen LogP contribution in [0.1, 0.15) is 23.1 Å². The number of ether oxygens (including phenoxy) is 3. The first-order valence-electron chi connectivity index (χ1n) is 9.36.